The quantitative estimate of drug-likeness (QED) is 0.257. The number of aliphatic imine (C=N–C) groups is 1. The van der Waals surface area contributed by atoms with Gasteiger partial charge in [0.1, 0.15) is 0 Å². The molecule has 2 aliphatic carbocycles. The molecule has 2 aliphatic rings. The molecule has 2 fully saturated rings. The summed E-state index contributed by atoms with van der Waals surface area (Å²) in [4.78, 5) is 6.82. The largest absolute Gasteiger partial charge is 0.383 e. The number of rotatable bonds is 11. The summed E-state index contributed by atoms with van der Waals surface area (Å²) in [5, 5.41) is 6.77. The first kappa shape index (κ1) is 20.5. The van der Waals surface area contributed by atoms with E-state index in [1.165, 1.54) is 51.4 Å². The summed E-state index contributed by atoms with van der Waals surface area (Å²) in [7, 11) is 3.59. The van der Waals surface area contributed by atoms with Gasteiger partial charge in [0.2, 0.25) is 0 Å². The van der Waals surface area contributed by atoms with Crippen molar-refractivity contribution in [2.24, 2.45) is 4.99 Å². The number of nitrogens with zero attached hydrogens (tertiary/aromatic N) is 2. The number of hydrogen-bond donors (Lipinski definition) is 2. The van der Waals surface area contributed by atoms with Crippen molar-refractivity contribution < 1.29 is 9.47 Å². The molecule has 25 heavy (non-hydrogen) atoms. The molecule has 0 spiro atoms. The van der Waals surface area contributed by atoms with Gasteiger partial charge in [0.15, 0.2) is 5.96 Å². The first-order chi connectivity index (χ1) is 12.3. The Labute approximate surface area is 153 Å². The minimum absolute atomic E-state index is 0.465. The third-order valence-electron chi connectivity index (χ3n) is 5.11. The third-order valence-corrected chi connectivity index (χ3v) is 5.11. The van der Waals surface area contributed by atoms with Crippen molar-refractivity contribution in [1.82, 2.24) is 15.5 Å². The van der Waals surface area contributed by atoms with Gasteiger partial charge < -0.3 is 20.1 Å². The van der Waals surface area contributed by atoms with Crippen LogP contribution in [-0.4, -0.2) is 76.6 Å². The first-order valence-electron chi connectivity index (χ1n) is 10.1. The number of hydrogen-bond acceptors (Lipinski definition) is 4. The third kappa shape index (κ3) is 8.88. The van der Waals surface area contributed by atoms with E-state index < -0.39 is 0 Å². The average molecular weight is 355 g/mol. The second kappa shape index (κ2) is 12.5. The second-order valence-electron chi connectivity index (χ2n) is 7.17. The average Bonchev–Trinajstić information content (AvgIpc) is 3.47. The van der Waals surface area contributed by atoms with Crippen molar-refractivity contribution in [2.45, 2.75) is 63.5 Å². The molecule has 0 radical (unpaired) electrons. The normalized spacial score (nSPS) is 19.9. The maximum absolute atomic E-state index is 6.02. The molecule has 0 saturated heterocycles. The Hall–Kier alpha value is -0.850. The summed E-state index contributed by atoms with van der Waals surface area (Å²) in [5.74, 6) is 0.868. The van der Waals surface area contributed by atoms with Gasteiger partial charge in [-0.05, 0) is 25.7 Å². The van der Waals surface area contributed by atoms with Crippen molar-refractivity contribution in [2.75, 3.05) is 53.6 Å². The van der Waals surface area contributed by atoms with Gasteiger partial charge in [-0.3, -0.25) is 9.89 Å². The van der Waals surface area contributed by atoms with Crippen LogP contribution in [0.4, 0.5) is 0 Å². The molecule has 0 aromatic rings. The van der Waals surface area contributed by atoms with E-state index >= 15 is 0 Å². The lowest BCUT2D eigenvalue weighted by Gasteiger charge is -2.22. The molecule has 0 aromatic heterocycles. The van der Waals surface area contributed by atoms with Crippen LogP contribution in [0.5, 0.6) is 0 Å². The zero-order valence-corrected chi connectivity index (χ0v) is 16.3. The van der Waals surface area contributed by atoms with E-state index in [4.69, 9.17) is 9.47 Å². The molecule has 6 nitrogen and oxygen atoms in total. The van der Waals surface area contributed by atoms with E-state index in [-0.39, 0.29) is 0 Å². The molecule has 0 heterocycles. The Balaban J connectivity index is 1.53. The highest BCUT2D eigenvalue weighted by molar-refractivity contribution is 5.79. The van der Waals surface area contributed by atoms with Gasteiger partial charge in [-0.1, -0.05) is 25.7 Å². The van der Waals surface area contributed by atoms with E-state index in [0.717, 1.165) is 51.4 Å². The van der Waals surface area contributed by atoms with Crippen molar-refractivity contribution in [3.8, 4) is 0 Å². The van der Waals surface area contributed by atoms with Crippen LogP contribution in [0.2, 0.25) is 0 Å². The summed E-state index contributed by atoms with van der Waals surface area (Å²) in [6.45, 7) is 5.34. The van der Waals surface area contributed by atoms with E-state index in [2.05, 4.69) is 20.5 Å². The molecular formula is C19H38N4O2. The fourth-order valence-corrected chi connectivity index (χ4v) is 3.47. The summed E-state index contributed by atoms with van der Waals surface area (Å²) >= 11 is 0. The van der Waals surface area contributed by atoms with Gasteiger partial charge in [0, 0.05) is 46.4 Å². The molecule has 0 aromatic carbocycles. The molecule has 6 heteroatoms. The lowest BCUT2D eigenvalue weighted by molar-refractivity contribution is 0.0468. The highest BCUT2D eigenvalue weighted by atomic mass is 16.5. The fraction of sp³-hybridized carbons (Fsp3) is 0.947. The molecule has 146 valence electrons. The Morgan fingerprint density at radius 3 is 2.32 bits per heavy atom. The molecular weight excluding hydrogens is 316 g/mol. The molecule has 0 bridgehead atoms. The van der Waals surface area contributed by atoms with Crippen LogP contribution in [0.15, 0.2) is 4.99 Å². The summed E-state index contributed by atoms with van der Waals surface area (Å²) in [6, 6.07) is 0.764. The zero-order valence-electron chi connectivity index (χ0n) is 16.3. The molecule has 0 unspecified atom stereocenters. The molecule has 2 rings (SSSR count). The Morgan fingerprint density at radius 1 is 0.960 bits per heavy atom. The standard InChI is InChI=1S/C19H38N4O2/c1-20-19(21-11-13-23(14-16-24-2)17-9-10-17)22-12-15-25-18-7-5-3-4-6-8-18/h17-18H,3-16H2,1-2H3,(H2,20,21,22). The van der Waals surface area contributed by atoms with E-state index in [1.807, 2.05) is 7.05 Å². The lowest BCUT2D eigenvalue weighted by Crippen LogP contribution is -2.43. The highest BCUT2D eigenvalue weighted by Crippen LogP contribution is 2.26. The van der Waals surface area contributed by atoms with Crippen molar-refractivity contribution >= 4 is 5.96 Å². The number of guanidine groups is 1. The van der Waals surface area contributed by atoms with Crippen LogP contribution in [0.25, 0.3) is 0 Å². The smallest absolute Gasteiger partial charge is 0.191 e. The van der Waals surface area contributed by atoms with Crippen molar-refractivity contribution in [3.63, 3.8) is 0 Å². The van der Waals surface area contributed by atoms with Crippen LogP contribution in [0.1, 0.15) is 51.4 Å². The van der Waals surface area contributed by atoms with E-state index in [0.29, 0.717) is 6.10 Å². The Bertz CT molecular complexity index is 366. The minimum atomic E-state index is 0.465. The number of ether oxygens (including phenoxy) is 2. The van der Waals surface area contributed by atoms with Crippen LogP contribution in [0.3, 0.4) is 0 Å². The van der Waals surface area contributed by atoms with Gasteiger partial charge >= 0.3 is 0 Å². The Kier molecular flexibility index (Phi) is 10.2. The predicted octanol–water partition coefficient (Wildman–Crippen LogP) is 2.00. The topological polar surface area (TPSA) is 58.1 Å². The second-order valence-corrected chi connectivity index (χ2v) is 7.17. The Morgan fingerprint density at radius 2 is 1.68 bits per heavy atom. The van der Waals surface area contributed by atoms with Gasteiger partial charge in [0.05, 0.1) is 19.3 Å². The summed E-state index contributed by atoms with van der Waals surface area (Å²) in [5.41, 5.74) is 0. The van der Waals surface area contributed by atoms with Crippen LogP contribution in [0, 0.1) is 0 Å². The number of nitrogens with one attached hydrogen (secondary N) is 2. The highest BCUT2D eigenvalue weighted by Gasteiger charge is 2.28. The maximum atomic E-state index is 6.02. The van der Waals surface area contributed by atoms with Crippen molar-refractivity contribution in [3.05, 3.63) is 0 Å². The molecule has 2 N–H and O–H groups in total. The molecule has 0 atom stereocenters. The molecule has 0 amide bonds. The van der Waals surface area contributed by atoms with Gasteiger partial charge in [0.25, 0.3) is 0 Å². The van der Waals surface area contributed by atoms with Gasteiger partial charge in [-0.15, -0.1) is 0 Å². The van der Waals surface area contributed by atoms with E-state index in [1.54, 1.807) is 7.11 Å². The van der Waals surface area contributed by atoms with E-state index in [9.17, 15) is 0 Å². The van der Waals surface area contributed by atoms with Crippen LogP contribution < -0.4 is 10.6 Å². The number of methoxy groups -OCH3 is 1. The molecule has 2 saturated carbocycles. The van der Waals surface area contributed by atoms with Crippen LogP contribution >= 0.6 is 0 Å². The summed E-state index contributed by atoms with van der Waals surface area (Å²) < 4.78 is 11.2. The monoisotopic (exact) mass is 354 g/mol. The zero-order chi connectivity index (χ0) is 17.7. The lowest BCUT2D eigenvalue weighted by atomic mass is 10.1. The predicted molar refractivity (Wildman–Crippen MR) is 103 cm³/mol. The fourth-order valence-electron chi connectivity index (χ4n) is 3.47. The van der Waals surface area contributed by atoms with Crippen LogP contribution in [-0.2, 0) is 9.47 Å². The summed E-state index contributed by atoms with van der Waals surface area (Å²) in [6.07, 6.45) is 11.0. The minimum Gasteiger partial charge on any atom is -0.383 e. The van der Waals surface area contributed by atoms with Gasteiger partial charge in [-0.2, -0.15) is 0 Å². The van der Waals surface area contributed by atoms with Gasteiger partial charge in [-0.25, -0.2) is 0 Å². The maximum Gasteiger partial charge on any atom is 0.191 e. The van der Waals surface area contributed by atoms with Crippen molar-refractivity contribution in [1.29, 1.82) is 0 Å². The molecule has 0 aliphatic heterocycles. The SMILES string of the molecule is CN=C(NCCOC1CCCCCC1)NCCN(CCOC)C1CC1. The first-order valence-corrected chi connectivity index (χ1v) is 10.1.